The van der Waals surface area contributed by atoms with Crippen molar-refractivity contribution < 1.29 is 14.3 Å². The highest BCUT2D eigenvalue weighted by Gasteiger charge is 2.30. The molecule has 0 radical (unpaired) electrons. The predicted molar refractivity (Wildman–Crippen MR) is 70.2 cm³/mol. The van der Waals surface area contributed by atoms with E-state index in [0.717, 1.165) is 25.3 Å². The van der Waals surface area contributed by atoms with E-state index >= 15 is 0 Å². The van der Waals surface area contributed by atoms with Crippen LogP contribution in [0.15, 0.2) is 18.2 Å². The Morgan fingerprint density at radius 1 is 1.32 bits per heavy atom. The third-order valence-electron chi connectivity index (χ3n) is 4.14. The number of benzene rings is 1. The van der Waals surface area contributed by atoms with Crippen LogP contribution in [0.2, 0.25) is 0 Å². The van der Waals surface area contributed by atoms with Crippen LogP contribution in [0.1, 0.15) is 23.2 Å². The Morgan fingerprint density at radius 3 is 2.89 bits per heavy atom. The van der Waals surface area contributed by atoms with Crippen LogP contribution in [0.5, 0.6) is 0 Å². The number of piperazine rings is 1. The van der Waals surface area contributed by atoms with Crippen LogP contribution in [0, 0.1) is 5.82 Å². The lowest BCUT2D eigenvalue weighted by Gasteiger charge is -2.38. The van der Waals surface area contributed by atoms with Crippen molar-refractivity contribution in [1.82, 2.24) is 4.90 Å². The normalized spacial score (nSPS) is 23.4. The predicted octanol–water partition coefficient (Wildman–Crippen LogP) is 1.81. The van der Waals surface area contributed by atoms with Gasteiger partial charge in [-0.05, 0) is 37.6 Å². The molecule has 0 aliphatic carbocycles. The Balaban J connectivity index is 1.79. The number of halogens is 1. The second kappa shape index (κ2) is 4.81. The van der Waals surface area contributed by atoms with Gasteiger partial charge in [-0.2, -0.15) is 0 Å². The molecule has 5 heteroatoms. The second-order valence-corrected chi connectivity index (χ2v) is 5.25. The topological polar surface area (TPSA) is 43.8 Å². The van der Waals surface area contributed by atoms with E-state index in [0.29, 0.717) is 6.04 Å². The minimum Gasteiger partial charge on any atom is -0.478 e. The van der Waals surface area contributed by atoms with Crippen molar-refractivity contribution in [3.63, 3.8) is 0 Å². The number of carboxylic acid groups (broad SMARTS) is 1. The highest BCUT2D eigenvalue weighted by atomic mass is 19.1. The van der Waals surface area contributed by atoms with Gasteiger partial charge in [0.25, 0.3) is 0 Å². The highest BCUT2D eigenvalue weighted by Crippen LogP contribution is 2.26. The monoisotopic (exact) mass is 264 g/mol. The molecular weight excluding hydrogens is 247 g/mol. The maximum Gasteiger partial charge on any atom is 0.338 e. The molecule has 0 unspecified atom stereocenters. The molecule has 1 aromatic rings. The number of anilines is 1. The fraction of sp³-hybridized carbons (Fsp3) is 0.500. The third-order valence-corrected chi connectivity index (χ3v) is 4.14. The number of carbonyl (C=O) groups is 1. The number of rotatable bonds is 2. The van der Waals surface area contributed by atoms with Crippen molar-refractivity contribution in [2.24, 2.45) is 0 Å². The quantitative estimate of drug-likeness (QED) is 0.884. The summed E-state index contributed by atoms with van der Waals surface area (Å²) in [5, 5.41) is 8.83. The minimum atomic E-state index is -1.22. The first kappa shape index (κ1) is 12.4. The molecule has 2 aliphatic rings. The summed E-state index contributed by atoms with van der Waals surface area (Å²) in [6.07, 6.45) is 2.44. The zero-order valence-electron chi connectivity index (χ0n) is 10.7. The van der Waals surface area contributed by atoms with Crippen LogP contribution >= 0.6 is 0 Å². The molecule has 0 bridgehead atoms. The van der Waals surface area contributed by atoms with Crippen LogP contribution < -0.4 is 4.90 Å². The van der Waals surface area contributed by atoms with Crippen molar-refractivity contribution in [2.75, 3.05) is 31.1 Å². The van der Waals surface area contributed by atoms with Gasteiger partial charge in [-0.3, -0.25) is 4.90 Å². The van der Waals surface area contributed by atoms with Crippen LogP contribution in [0.4, 0.5) is 10.1 Å². The van der Waals surface area contributed by atoms with E-state index in [1.807, 2.05) is 0 Å². The van der Waals surface area contributed by atoms with Gasteiger partial charge in [0.1, 0.15) is 5.82 Å². The lowest BCUT2D eigenvalue weighted by atomic mass is 10.1. The number of hydrogen-bond acceptors (Lipinski definition) is 3. The first-order chi connectivity index (χ1) is 9.15. The van der Waals surface area contributed by atoms with Gasteiger partial charge in [-0.25, -0.2) is 9.18 Å². The second-order valence-electron chi connectivity index (χ2n) is 5.25. The number of aromatic carboxylic acids is 1. The fourth-order valence-corrected chi connectivity index (χ4v) is 3.10. The molecule has 0 aromatic heterocycles. The summed E-state index contributed by atoms with van der Waals surface area (Å²) in [5.74, 6) is -1.87. The number of carboxylic acids is 1. The van der Waals surface area contributed by atoms with Crippen molar-refractivity contribution in [3.05, 3.63) is 29.6 Å². The summed E-state index contributed by atoms with van der Waals surface area (Å²) in [6.45, 7) is 3.96. The van der Waals surface area contributed by atoms with E-state index in [4.69, 9.17) is 5.11 Å². The van der Waals surface area contributed by atoms with E-state index in [1.54, 1.807) is 6.07 Å². The maximum absolute atomic E-state index is 13.7. The van der Waals surface area contributed by atoms with Gasteiger partial charge in [-0.1, -0.05) is 0 Å². The lowest BCUT2D eigenvalue weighted by Crippen LogP contribution is -2.50. The van der Waals surface area contributed by atoms with E-state index < -0.39 is 11.8 Å². The molecule has 2 heterocycles. The molecule has 2 aliphatic heterocycles. The molecule has 4 nitrogen and oxygen atoms in total. The lowest BCUT2D eigenvalue weighted by molar-refractivity contribution is 0.0692. The van der Waals surface area contributed by atoms with E-state index in [1.165, 1.54) is 31.5 Å². The fourth-order valence-electron chi connectivity index (χ4n) is 3.10. The summed E-state index contributed by atoms with van der Waals surface area (Å²) < 4.78 is 13.7. The average molecular weight is 264 g/mol. The zero-order chi connectivity index (χ0) is 13.4. The van der Waals surface area contributed by atoms with Crippen molar-refractivity contribution in [2.45, 2.75) is 18.9 Å². The molecule has 0 saturated carbocycles. The smallest absolute Gasteiger partial charge is 0.338 e. The Bertz CT molecular complexity index is 506. The average Bonchev–Trinajstić information content (AvgIpc) is 2.85. The van der Waals surface area contributed by atoms with Gasteiger partial charge < -0.3 is 10.0 Å². The van der Waals surface area contributed by atoms with Crippen LogP contribution in [0.25, 0.3) is 0 Å². The van der Waals surface area contributed by atoms with Crippen molar-refractivity contribution >= 4 is 11.7 Å². The molecule has 1 atom stereocenters. The molecule has 102 valence electrons. The summed E-state index contributed by atoms with van der Waals surface area (Å²) in [4.78, 5) is 15.4. The SMILES string of the molecule is O=C(O)c1ccc(N2CCN3CCC[C@@H]3C2)cc1F. The van der Waals surface area contributed by atoms with Gasteiger partial charge in [0.05, 0.1) is 5.56 Å². The number of hydrogen-bond donors (Lipinski definition) is 1. The van der Waals surface area contributed by atoms with Crippen molar-refractivity contribution in [3.8, 4) is 0 Å². The first-order valence-electron chi connectivity index (χ1n) is 6.67. The van der Waals surface area contributed by atoms with Crippen LogP contribution in [0.3, 0.4) is 0 Å². The Morgan fingerprint density at radius 2 is 2.16 bits per heavy atom. The van der Waals surface area contributed by atoms with Gasteiger partial charge in [0, 0.05) is 31.4 Å². The van der Waals surface area contributed by atoms with E-state index in [9.17, 15) is 9.18 Å². The van der Waals surface area contributed by atoms with Gasteiger partial charge in [0.15, 0.2) is 0 Å². The summed E-state index contributed by atoms with van der Waals surface area (Å²) in [7, 11) is 0. The third kappa shape index (κ3) is 2.30. The molecule has 2 fully saturated rings. The maximum atomic E-state index is 13.7. The van der Waals surface area contributed by atoms with Crippen LogP contribution in [-0.2, 0) is 0 Å². The molecule has 19 heavy (non-hydrogen) atoms. The molecular formula is C14H17FN2O2. The van der Waals surface area contributed by atoms with Gasteiger partial charge in [0.2, 0.25) is 0 Å². The van der Waals surface area contributed by atoms with Gasteiger partial charge >= 0.3 is 5.97 Å². The molecule has 3 rings (SSSR count). The summed E-state index contributed by atoms with van der Waals surface area (Å²) in [6, 6.07) is 4.97. The Labute approximate surface area is 111 Å². The standard InChI is InChI=1S/C14H17FN2O2/c15-13-8-10(3-4-12(13)14(18)19)17-7-6-16-5-1-2-11(16)9-17/h3-4,8,11H,1-2,5-7,9H2,(H,18,19)/t11-/m1/s1. The molecule has 1 N–H and O–H groups in total. The minimum absolute atomic E-state index is 0.261. The highest BCUT2D eigenvalue weighted by molar-refractivity contribution is 5.88. The largest absolute Gasteiger partial charge is 0.478 e. The molecule has 1 aromatic carbocycles. The molecule has 0 amide bonds. The first-order valence-corrected chi connectivity index (χ1v) is 6.67. The van der Waals surface area contributed by atoms with E-state index in [2.05, 4.69) is 9.80 Å². The molecule has 2 saturated heterocycles. The van der Waals surface area contributed by atoms with Gasteiger partial charge in [-0.15, -0.1) is 0 Å². The zero-order valence-corrected chi connectivity index (χ0v) is 10.7. The number of nitrogens with zero attached hydrogens (tertiary/aromatic N) is 2. The summed E-state index contributed by atoms with van der Waals surface area (Å²) in [5.41, 5.74) is 0.525. The Kier molecular flexibility index (Phi) is 3.14. The van der Waals surface area contributed by atoms with Crippen molar-refractivity contribution in [1.29, 1.82) is 0 Å². The summed E-state index contributed by atoms with van der Waals surface area (Å²) >= 11 is 0. The van der Waals surface area contributed by atoms with Crippen LogP contribution in [-0.4, -0.2) is 48.2 Å². The van der Waals surface area contributed by atoms with E-state index in [-0.39, 0.29) is 5.56 Å². The Hall–Kier alpha value is -1.62. The molecule has 0 spiro atoms. The number of fused-ring (bicyclic) bond motifs is 1.